The van der Waals surface area contributed by atoms with Crippen LogP contribution in [0.3, 0.4) is 0 Å². The standard InChI is InChI=1S/C5H8O3.7C2H4/c1-2-5(7)8-4-3-6;7*1-2/h2,6H,1,3-4H2;7*1-2H2. The van der Waals surface area contributed by atoms with Crippen LogP contribution in [0.25, 0.3) is 0 Å². The van der Waals surface area contributed by atoms with Crippen molar-refractivity contribution < 1.29 is 14.6 Å². The molecule has 0 atom stereocenters. The highest BCUT2D eigenvalue weighted by Crippen LogP contribution is 1.75. The zero-order chi connectivity index (χ0) is 20.4. The van der Waals surface area contributed by atoms with Gasteiger partial charge in [0.05, 0.1) is 6.61 Å². The molecule has 130 valence electrons. The summed E-state index contributed by atoms with van der Waals surface area (Å²) in [6.07, 6.45) is 1.05. The Morgan fingerprint density at radius 2 is 0.955 bits per heavy atom. The number of aliphatic hydroxyl groups excluding tert-OH is 1. The molecule has 0 aliphatic carbocycles. The van der Waals surface area contributed by atoms with E-state index in [2.05, 4.69) is 103 Å². The summed E-state index contributed by atoms with van der Waals surface area (Å²) in [5.74, 6) is -0.501. The van der Waals surface area contributed by atoms with Gasteiger partial charge in [0.15, 0.2) is 0 Å². The second-order valence-corrected chi connectivity index (χ2v) is 1.10. The van der Waals surface area contributed by atoms with Crippen LogP contribution in [0.5, 0.6) is 0 Å². The zero-order valence-electron chi connectivity index (χ0n) is 14.4. The molecule has 0 heterocycles. The second kappa shape index (κ2) is 292. The number of hydrogen-bond acceptors (Lipinski definition) is 3. The van der Waals surface area contributed by atoms with Crippen LogP contribution >= 0.6 is 0 Å². The fraction of sp³-hybridized carbons (Fsp3) is 0.105. The maximum atomic E-state index is 10.1. The van der Waals surface area contributed by atoms with E-state index in [0.717, 1.165) is 6.08 Å². The van der Waals surface area contributed by atoms with Gasteiger partial charge in [-0.3, -0.25) is 0 Å². The van der Waals surface area contributed by atoms with Crippen LogP contribution in [-0.2, 0) is 9.53 Å². The van der Waals surface area contributed by atoms with E-state index >= 15 is 0 Å². The first-order chi connectivity index (χ1) is 10.8. The summed E-state index contributed by atoms with van der Waals surface area (Å²) >= 11 is 0. The lowest BCUT2D eigenvalue weighted by Crippen LogP contribution is -2.04. The normalized spacial score (nSPS) is 4.23. The summed E-state index contributed by atoms with van der Waals surface area (Å²) in [6.45, 7) is 45.1. The lowest BCUT2D eigenvalue weighted by molar-refractivity contribution is -0.138. The molecule has 0 aromatic heterocycles. The Labute approximate surface area is 139 Å². The van der Waals surface area contributed by atoms with Gasteiger partial charge >= 0.3 is 5.97 Å². The van der Waals surface area contributed by atoms with Gasteiger partial charge < -0.3 is 9.84 Å². The number of esters is 1. The first-order valence-corrected chi connectivity index (χ1v) is 5.71. The van der Waals surface area contributed by atoms with Gasteiger partial charge in [0.25, 0.3) is 0 Å². The highest BCUT2D eigenvalue weighted by atomic mass is 16.5. The van der Waals surface area contributed by atoms with Gasteiger partial charge in [-0.15, -0.1) is 92.1 Å². The predicted molar refractivity (Wildman–Crippen MR) is 107 cm³/mol. The number of carbonyl (C=O) groups excluding carboxylic acids is 1. The van der Waals surface area contributed by atoms with Crippen LogP contribution in [0.1, 0.15) is 0 Å². The van der Waals surface area contributed by atoms with Crippen LogP contribution in [0.2, 0.25) is 0 Å². The van der Waals surface area contributed by atoms with Gasteiger partial charge in [0.1, 0.15) is 6.61 Å². The molecular formula is C19H36O3. The third kappa shape index (κ3) is 413. The molecule has 22 heavy (non-hydrogen) atoms. The molecule has 0 saturated carbocycles. The van der Waals surface area contributed by atoms with Crippen LogP contribution < -0.4 is 0 Å². The molecule has 0 bridgehead atoms. The Morgan fingerprint density at radius 1 is 0.727 bits per heavy atom. The molecule has 0 aliphatic heterocycles. The van der Waals surface area contributed by atoms with E-state index in [9.17, 15) is 4.79 Å². The Balaban J connectivity index is -0.0000000198. The summed E-state index contributed by atoms with van der Waals surface area (Å²) in [5, 5.41) is 8.10. The average Bonchev–Trinajstić information content (AvgIpc) is 2.70. The van der Waals surface area contributed by atoms with E-state index in [4.69, 9.17) is 5.11 Å². The summed E-state index contributed by atoms with van der Waals surface area (Å²) in [5.41, 5.74) is 0. The third-order valence-corrected chi connectivity index (χ3v) is 0.502. The Bertz CT molecular complexity index is 148. The number of aliphatic hydroxyl groups is 1. The summed E-state index contributed by atoms with van der Waals surface area (Å²) in [7, 11) is 0. The summed E-state index contributed by atoms with van der Waals surface area (Å²) < 4.78 is 4.33. The maximum absolute atomic E-state index is 10.1. The second-order valence-electron chi connectivity index (χ2n) is 1.10. The quantitative estimate of drug-likeness (QED) is 0.435. The Kier molecular flexibility index (Phi) is 671. The number of ether oxygens (including phenoxy) is 1. The maximum Gasteiger partial charge on any atom is 0.330 e. The molecule has 0 amide bonds. The molecule has 0 aliphatic rings. The molecule has 3 nitrogen and oxygen atoms in total. The summed E-state index contributed by atoms with van der Waals surface area (Å²) in [4.78, 5) is 10.1. The lowest BCUT2D eigenvalue weighted by Gasteiger charge is -1.94. The van der Waals surface area contributed by atoms with Gasteiger partial charge in [-0.1, -0.05) is 6.58 Å². The largest absolute Gasteiger partial charge is 0.460 e. The molecule has 0 aromatic carbocycles. The molecule has 0 saturated heterocycles. The van der Waals surface area contributed by atoms with E-state index in [0.29, 0.717) is 0 Å². The van der Waals surface area contributed by atoms with E-state index in [1.165, 1.54) is 0 Å². The van der Waals surface area contributed by atoms with Crippen molar-refractivity contribution in [2.75, 3.05) is 13.2 Å². The minimum absolute atomic E-state index is 0.0465. The fourth-order valence-corrected chi connectivity index (χ4v) is 0.205. The van der Waals surface area contributed by atoms with Crippen molar-refractivity contribution in [3.8, 4) is 0 Å². The molecule has 1 N–H and O–H groups in total. The van der Waals surface area contributed by atoms with E-state index in [1.807, 2.05) is 0 Å². The van der Waals surface area contributed by atoms with Crippen molar-refractivity contribution in [1.29, 1.82) is 0 Å². The van der Waals surface area contributed by atoms with Crippen molar-refractivity contribution in [1.82, 2.24) is 0 Å². The Morgan fingerprint density at radius 3 is 1.09 bits per heavy atom. The van der Waals surface area contributed by atoms with Crippen LogP contribution in [0.15, 0.2) is 105 Å². The van der Waals surface area contributed by atoms with Crippen molar-refractivity contribution >= 4 is 5.97 Å². The molecule has 0 aromatic rings. The summed E-state index contributed by atoms with van der Waals surface area (Å²) in [6, 6.07) is 0. The van der Waals surface area contributed by atoms with Crippen LogP contribution in [0, 0.1) is 0 Å². The van der Waals surface area contributed by atoms with E-state index < -0.39 is 5.97 Å². The van der Waals surface area contributed by atoms with Gasteiger partial charge in [-0.2, -0.15) is 0 Å². The molecule has 0 unspecified atom stereocenters. The van der Waals surface area contributed by atoms with Gasteiger partial charge in [-0.25, -0.2) is 4.79 Å². The minimum Gasteiger partial charge on any atom is -0.460 e. The zero-order valence-corrected chi connectivity index (χ0v) is 14.4. The molecular weight excluding hydrogens is 276 g/mol. The third-order valence-electron chi connectivity index (χ3n) is 0.502. The van der Waals surface area contributed by atoms with Crippen LogP contribution in [0.4, 0.5) is 0 Å². The van der Waals surface area contributed by atoms with Crippen molar-refractivity contribution in [2.45, 2.75) is 0 Å². The van der Waals surface area contributed by atoms with Crippen molar-refractivity contribution in [2.24, 2.45) is 0 Å². The number of carbonyl (C=O) groups is 1. The average molecular weight is 312 g/mol. The Hall–Kier alpha value is -2.65. The number of rotatable bonds is 3. The monoisotopic (exact) mass is 312 g/mol. The lowest BCUT2D eigenvalue weighted by atomic mass is 10.6. The highest BCUT2D eigenvalue weighted by Gasteiger charge is 1.90. The van der Waals surface area contributed by atoms with Crippen molar-refractivity contribution in [3.05, 3.63) is 105 Å². The molecule has 0 spiro atoms. The molecule has 0 radical (unpaired) electrons. The van der Waals surface area contributed by atoms with Gasteiger partial charge in [-0.05, 0) is 0 Å². The van der Waals surface area contributed by atoms with Gasteiger partial charge in [0, 0.05) is 6.08 Å². The molecule has 0 rings (SSSR count). The molecule has 0 fully saturated rings. The smallest absolute Gasteiger partial charge is 0.330 e. The van der Waals surface area contributed by atoms with Crippen LogP contribution in [-0.4, -0.2) is 24.3 Å². The topological polar surface area (TPSA) is 46.5 Å². The fourth-order valence-electron chi connectivity index (χ4n) is 0.205. The van der Waals surface area contributed by atoms with E-state index in [-0.39, 0.29) is 13.2 Å². The first kappa shape index (κ1) is 50.6. The predicted octanol–water partition coefficient (Wildman–Crippen LogP) is 5.32. The first-order valence-electron chi connectivity index (χ1n) is 5.71. The number of hydrogen-bond donors (Lipinski definition) is 1. The molecule has 3 heteroatoms. The SMILES string of the molecule is C=C.C=C.C=C.C=C.C=C.C=C.C=C.C=CC(=O)OCCO. The van der Waals surface area contributed by atoms with E-state index in [1.54, 1.807) is 0 Å². The highest BCUT2D eigenvalue weighted by molar-refractivity contribution is 5.81. The minimum atomic E-state index is -0.501. The van der Waals surface area contributed by atoms with Gasteiger partial charge in [0.2, 0.25) is 0 Å². The van der Waals surface area contributed by atoms with Crippen molar-refractivity contribution in [3.63, 3.8) is 0 Å².